The van der Waals surface area contributed by atoms with Crippen molar-refractivity contribution in [1.29, 1.82) is 0 Å². The van der Waals surface area contributed by atoms with Gasteiger partial charge in [0.25, 0.3) is 0 Å². The Morgan fingerprint density at radius 3 is 2.50 bits per heavy atom. The van der Waals surface area contributed by atoms with Crippen molar-refractivity contribution in [3.63, 3.8) is 0 Å². The van der Waals surface area contributed by atoms with Gasteiger partial charge in [0, 0.05) is 32.7 Å². The fraction of sp³-hybridized carbons (Fsp3) is 0.278. The zero-order chi connectivity index (χ0) is 18.7. The molecule has 0 aliphatic carbocycles. The van der Waals surface area contributed by atoms with Gasteiger partial charge in [0.15, 0.2) is 0 Å². The van der Waals surface area contributed by atoms with Crippen molar-refractivity contribution in [1.82, 2.24) is 4.90 Å². The summed E-state index contributed by atoms with van der Waals surface area (Å²) < 4.78 is 0. The zero-order valence-electron chi connectivity index (χ0n) is 14.1. The van der Waals surface area contributed by atoms with E-state index in [1.807, 2.05) is 30.3 Å². The Labute approximate surface area is 162 Å². The van der Waals surface area contributed by atoms with E-state index in [2.05, 4.69) is 10.2 Å². The molecule has 0 aromatic heterocycles. The molecule has 2 aromatic carbocycles. The highest BCUT2D eigenvalue weighted by Gasteiger charge is 2.22. The van der Waals surface area contributed by atoms with Gasteiger partial charge < -0.3 is 26.0 Å². The molecular weight excluding hydrogens is 375 g/mol. The maximum absolute atomic E-state index is 11.0. The predicted molar refractivity (Wildman–Crippen MR) is 106 cm³/mol. The van der Waals surface area contributed by atoms with Crippen LogP contribution in [0.2, 0.25) is 10.0 Å². The first-order valence-electron chi connectivity index (χ1n) is 8.25. The average Bonchev–Trinajstić information content (AvgIpc) is 2.64. The van der Waals surface area contributed by atoms with Gasteiger partial charge in [0.05, 0.1) is 27.1 Å². The van der Waals surface area contributed by atoms with Crippen molar-refractivity contribution in [2.24, 2.45) is 0 Å². The number of piperazine rings is 1. The number of rotatable bonds is 4. The molecular formula is C18H20Cl2N4O2. The van der Waals surface area contributed by atoms with E-state index in [1.54, 1.807) is 6.07 Å². The number of carbonyl (C=O) groups is 1. The first-order chi connectivity index (χ1) is 12.5. The molecule has 0 unspecified atom stereocenters. The summed E-state index contributed by atoms with van der Waals surface area (Å²) in [5.74, 6) is 0. The molecule has 0 radical (unpaired) electrons. The highest BCUT2D eigenvalue weighted by atomic mass is 35.5. The average molecular weight is 395 g/mol. The van der Waals surface area contributed by atoms with Gasteiger partial charge in [0.2, 0.25) is 0 Å². The van der Waals surface area contributed by atoms with Crippen molar-refractivity contribution in [2.75, 3.05) is 42.1 Å². The largest absolute Gasteiger partial charge is 0.465 e. The van der Waals surface area contributed by atoms with Crippen molar-refractivity contribution in [3.05, 3.63) is 52.0 Å². The lowest BCUT2D eigenvalue weighted by Crippen LogP contribution is -2.48. The van der Waals surface area contributed by atoms with Crippen molar-refractivity contribution >= 4 is 46.4 Å². The van der Waals surface area contributed by atoms with E-state index in [4.69, 9.17) is 34.0 Å². The second kappa shape index (κ2) is 7.93. The van der Waals surface area contributed by atoms with Crippen LogP contribution in [0.15, 0.2) is 36.4 Å². The maximum Gasteiger partial charge on any atom is 0.407 e. The van der Waals surface area contributed by atoms with Crippen LogP contribution >= 0.6 is 23.2 Å². The Hall–Kier alpha value is -2.31. The van der Waals surface area contributed by atoms with Crippen LogP contribution in [0.25, 0.3) is 0 Å². The molecule has 3 rings (SSSR count). The lowest BCUT2D eigenvalue weighted by atomic mass is 10.1. The molecule has 8 heteroatoms. The van der Waals surface area contributed by atoms with Crippen LogP contribution in [0.3, 0.4) is 0 Å². The molecule has 0 saturated carbocycles. The second-order valence-corrected chi connectivity index (χ2v) is 6.91. The van der Waals surface area contributed by atoms with Gasteiger partial charge in [-0.25, -0.2) is 4.79 Å². The second-order valence-electron chi connectivity index (χ2n) is 6.10. The first-order valence-corrected chi connectivity index (χ1v) is 9.00. The number of para-hydroxylation sites is 1. The summed E-state index contributed by atoms with van der Waals surface area (Å²) in [6.45, 7) is 2.74. The summed E-state index contributed by atoms with van der Waals surface area (Å²) in [7, 11) is 0. The molecule has 4 N–H and O–H groups in total. The van der Waals surface area contributed by atoms with Gasteiger partial charge in [0.1, 0.15) is 0 Å². The monoisotopic (exact) mass is 394 g/mol. The highest BCUT2D eigenvalue weighted by molar-refractivity contribution is 6.42. The fourth-order valence-electron chi connectivity index (χ4n) is 2.97. The lowest BCUT2D eigenvalue weighted by molar-refractivity contribution is 0.142. The number of amides is 1. The molecule has 0 atom stereocenters. The molecule has 1 aliphatic heterocycles. The number of nitrogens with zero attached hydrogens (tertiary/aromatic N) is 2. The van der Waals surface area contributed by atoms with Gasteiger partial charge in [-0.3, -0.25) is 0 Å². The molecule has 6 nitrogen and oxygen atoms in total. The number of anilines is 3. The molecule has 1 saturated heterocycles. The highest BCUT2D eigenvalue weighted by Crippen LogP contribution is 2.32. The summed E-state index contributed by atoms with van der Waals surface area (Å²) in [5.41, 5.74) is 9.73. The summed E-state index contributed by atoms with van der Waals surface area (Å²) in [4.78, 5) is 14.6. The third-order valence-corrected chi connectivity index (χ3v) is 5.18. The summed E-state index contributed by atoms with van der Waals surface area (Å²) in [6.07, 6.45) is -0.880. The Kier molecular flexibility index (Phi) is 5.64. The molecule has 1 heterocycles. The molecule has 26 heavy (non-hydrogen) atoms. The molecule has 138 valence electrons. The Bertz CT molecular complexity index is 808. The number of nitrogens with two attached hydrogens (primary N) is 1. The topological polar surface area (TPSA) is 81.8 Å². The van der Waals surface area contributed by atoms with Gasteiger partial charge >= 0.3 is 6.09 Å². The number of hydrogen-bond donors (Lipinski definition) is 3. The first kappa shape index (κ1) is 18.5. The van der Waals surface area contributed by atoms with Crippen LogP contribution in [0.5, 0.6) is 0 Å². The third kappa shape index (κ3) is 4.08. The maximum atomic E-state index is 11.0. The molecule has 1 amide bonds. The van der Waals surface area contributed by atoms with Gasteiger partial charge in [-0.15, -0.1) is 0 Å². The van der Waals surface area contributed by atoms with E-state index in [0.29, 0.717) is 48.5 Å². The molecule has 2 aromatic rings. The summed E-state index contributed by atoms with van der Waals surface area (Å²) in [6, 6.07) is 11.3. The van der Waals surface area contributed by atoms with E-state index in [1.165, 1.54) is 4.90 Å². The summed E-state index contributed by atoms with van der Waals surface area (Å²) in [5, 5.41) is 13.4. The lowest BCUT2D eigenvalue weighted by Gasteiger charge is -2.35. The third-order valence-electron chi connectivity index (χ3n) is 4.44. The van der Waals surface area contributed by atoms with Crippen molar-refractivity contribution < 1.29 is 9.90 Å². The van der Waals surface area contributed by atoms with Gasteiger partial charge in [-0.05, 0) is 29.8 Å². The van der Waals surface area contributed by atoms with Crippen LogP contribution in [-0.4, -0.2) is 42.3 Å². The minimum atomic E-state index is -0.880. The Morgan fingerprint density at radius 1 is 1.12 bits per heavy atom. The number of benzene rings is 2. The van der Waals surface area contributed by atoms with Crippen LogP contribution in [0, 0.1) is 0 Å². The molecule has 0 spiro atoms. The van der Waals surface area contributed by atoms with Crippen LogP contribution in [0.4, 0.5) is 21.9 Å². The Balaban J connectivity index is 1.69. The van der Waals surface area contributed by atoms with Crippen LogP contribution in [0.1, 0.15) is 5.56 Å². The SMILES string of the molecule is Nc1c(NCc2ccc(Cl)c(Cl)c2)cccc1N1CCN(C(=O)O)CC1. The number of carboxylic acid groups (broad SMARTS) is 1. The number of nitrogens with one attached hydrogen (secondary N) is 1. The van der Waals surface area contributed by atoms with Gasteiger partial charge in [-0.1, -0.05) is 35.3 Å². The standard InChI is InChI=1S/C18H20Cl2N4O2/c19-13-5-4-12(10-14(13)20)11-22-15-2-1-3-16(17(15)21)23-6-8-24(9-7-23)18(25)26/h1-5,10,22H,6-9,11,21H2,(H,25,26). The summed E-state index contributed by atoms with van der Waals surface area (Å²) >= 11 is 12.0. The zero-order valence-corrected chi connectivity index (χ0v) is 15.6. The fourth-order valence-corrected chi connectivity index (χ4v) is 3.29. The van der Waals surface area contributed by atoms with Crippen LogP contribution < -0.4 is 16.0 Å². The van der Waals surface area contributed by atoms with Crippen LogP contribution in [-0.2, 0) is 6.54 Å². The molecule has 0 bridgehead atoms. The van der Waals surface area contributed by atoms with E-state index >= 15 is 0 Å². The minimum absolute atomic E-state index is 0.468. The number of nitrogen functional groups attached to an aromatic ring is 1. The minimum Gasteiger partial charge on any atom is -0.465 e. The van der Waals surface area contributed by atoms with E-state index in [0.717, 1.165) is 16.9 Å². The predicted octanol–water partition coefficient (Wildman–Crippen LogP) is 3.99. The normalized spacial score (nSPS) is 14.4. The van der Waals surface area contributed by atoms with E-state index < -0.39 is 6.09 Å². The van der Waals surface area contributed by atoms with E-state index in [9.17, 15) is 4.79 Å². The van der Waals surface area contributed by atoms with E-state index in [-0.39, 0.29) is 0 Å². The molecule has 1 fully saturated rings. The number of hydrogen-bond acceptors (Lipinski definition) is 4. The quantitative estimate of drug-likeness (QED) is 0.682. The number of halogens is 2. The molecule has 1 aliphatic rings. The van der Waals surface area contributed by atoms with Crippen molar-refractivity contribution in [3.8, 4) is 0 Å². The van der Waals surface area contributed by atoms with Crippen molar-refractivity contribution in [2.45, 2.75) is 6.54 Å². The van der Waals surface area contributed by atoms with Gasteiger partial charge in [-0.2, -0.15) is 0 Å². The smallest absolute Gasteiger partial charge is 0.407 e. The Morgan fingerprint density at radius 2 is 1.85 bits per heavy atom.